The van der Waals surface area contributed by atoms with Gasteiger partial charge in [-0.05, 0) is 6.42 Å². The Morgan fingerprint density at radius 3 is 2.65 bits per heavy atom. The molecule has 20 heavy (non-hydrogen) atoms. The van der Waals surface area contributed by atoms with Crippen LogP contribution in [-0.2, 0) is 16.6 Å². The molecule has 0 bridgehead atoms. The standard InChI is InChI=1S/C9H14N8O2S/c10-15-9-11-6-8(7-12-9)20(18,19)14-2-1-4-17-5-3-13-16-17/h3,5-7,14H,1-2,4,10H2,(H,11,12,15). The average Bonchev–Trinajstić information content (AvgIpc) is 2.97. The van der Waals surface area contributed by atoms with Crippen molar-refractivity contribution in [1.82, 2.24) is 29.7 Å². The van der Waals surface area contributed by atoms with Crippen LogP contribution in [0.25, 0.3) is 0 Å². The molecule has 0 saturated heterocycles. The minimum absolute atomic E-state index is 0.0164. The highest BCUT2D eigenvalue weighted by Crippen LogP contribution is 2.06. The number of anilines is 1. The molecule has 108 valence electrons. The number of nitrogen functional groups attached to an aromatic ring is 1. The first-order chi connectivity index (χ1) is 9.62. The zero-order chi connectivity index (χ0) is 14.4. The fourth-order valence-electron chi connectivity index (χ4n) is 1.41. The average molecular weight is 298 g/mol. The Morgan fingerprint density at radius 1 is 1.30 bits per heavy atom. The third kappa shape index (κ3) is 3.69. The molecular weight excluding hydrogens is 284 g/mol. The fourth-order valence-corrected chi connectivity index (χ4v) is 2.38. The van der Waals surface area contributed by atoms with E-state index in [1.165, 1.54) is 12.4 Å². The van der Waals surface area contributed by atoms with Crippen molar-refractivity contribution in [1.29, 1.82) is 0 Å². The van der Waals surface area contributed by atoms with Crippen molar-refractivity contribution >= 4 is 16.0 Å². The van der Waals surface area contributed by atoms with Gasteiger partial charge in [-0.1, -0.05) is 5.21 Å². The van der Waals surface area contributed by atoms with Crippen LogP contribution in [0.4, 0.5) is 5.95 Å². The lowest BCUT2D eigenvalue weighted by molar-refractivity contribution is 0.542. The summed E-state index contributed by atoms with van der Waals surface area (Å²) in [4.78, 5) is 7.47. The van der Waals surface area contributed by atoms with Crippen molar-refractivity contribution in [3.8, 4) is 0 Å². The largest absolute Gasteiger partial charge is 0.292 e. The van der Waals surface area contributed by atoms with Crippen molar-refractivity contribution in [2.24, 2.45) is 5.84 Å². The second kappa shape index (κ2) is 6.36. The summed E-state index contributed by atoms with van der Waals surface area (Å²) in [5.74, 6) is 5.25. The summed E-state index contributed by atoms with van der Waals surface area (Å²) in [6, 6.07) is 0. The Kier molecular flexibility index (Phi) is 4.55. The second-order valence-electron chi connectivity index (χ2n) is 3.80. The molecule has 2 aromatic rings. The van der Waals surface area contributed by atoms with E-state index in [-0.39, 0.29) is 17.4 Å². The predicted molar refractivity (Wildman–Crippen MR) is 69.7 cm³/mol. The Morgan fingerprint density at radius 2 is 2.05 bits per heavy atom. The number of nitrogens with zero attached hydrogens (tertiary/aromatic N) is 5. The van der Waals surface area contributed by atoms with Gasteiger partial charge in [0.2, 0.25) is 16.0 Å². The summed E-state index contributed by atoms with van der Waals surface area (Å²) in [6.45, 7) is 0.855. The van der Waals surface area contributed by atoms with Crippen molar-refractivity contribution in [3.05, 3.63) is 24.8 Å². The molecule has 0 unspecified atom stereocenters. The molecule has 11 heteroatoms. The molecule has 2 rings (SSSR count). The minimum Gasteiger partial charge on any atom is -0.292 e. The van der Waals surface area contributed by atoms with Gasteiger partial charge in [0.1, 0.15) is 4.90 Å². The lowest BCUT2D eigenvalue weighted by atomic mass is 10.4. The molecule has 10 nitrogen and oxygen atoms in total. The highest BCUT2D eigenvalue weighted by molar-refractivity contribution is 7.89. The molecule has 0 aromatic carbocycles. The Hall–Kier alpha value is -2.11. The number of hydrazine groups is 1. The van der Waals surface area contributed by atoms with E-state index in [2.05, 4.69) is 30.4 Å². The van der Waals surface area contributed by atoms with E-state index in [9.17, 15) is 8.42 Å². The lowest BCUT2D eigenvalue weighted by Crippen LogP contribution is -2.26. The molecule has 0 aliphatic rings. The van der Waals surface area contributed by atoms with Gasteiger partial charge in [-0.25, -0.2) is 29.0 Å². The molecule has 2 heterocycles. The highest BCUT2D eigenvalue weighted by atomic mass is 32.2. The Labute approximate surface area is 115 Å². The third-order valence-corrected chi connectivity index (χ3v) is 3.81. The molecule has 0 atom stereocenters. The molecule has 0 aliphatic heterocycles. The number of sulfonamides is 1. The van der Waals surface area contributed by atoms with Crippen LogP contribution in [0, 0.1) is 0 Å². The maximum absolute atomic E-state index is 11.9. The monoisotopic (exact) mass is 298 g/mol. The first-order valence-corrected chi connectivity index (χ1v) is 7.22. The summed E-state index contributed by atoms with van der Waals surface area (Å²) in [7, 11) is -3.62. The van der Waals surface area contributed by atoms with Gasteiger partial charge in [0.15, 0.2) is 0 Å². The van der Waals surface area contributed by atoms with Crippen molar-refractivity contribution in [2.75, 3.05) is 12.0 Å². The van der Waals surface area contributed by atoms with Crippen LogP contribution >= 0.6 is 0 Å². The quantitative estimate of drug-likeness (QED) is 0.326. The van der Waals surface area contributed by atoms with Crippen molar-refractivity contribution < 1.29 is 8.42 Å². The summed E-state index contributed by atoms with van der Waals surface area (Å²) >= 11 is 0. The third-order valence-electron chi connectivity index (χ3n) is 2.40. The normalized spacial score (nSPS) is 11.4. The molecule has 0 spiro atoms. The van der Waals surface area contributed by atoms with Gasteiger partial charge < -0.3 is 0 Å². The number of aryl methyl sites for hydroxylation is 1. The van der Waals surface area contributed by atoms with E-state index >= 15 is 0 Å². The lowest BCUT2D eigenvalue weighted by Gasteiger charge is -2.06. The van der Waals surface area contributed by atoms with E-state index in [4.69, 9.17) is 5.84 Å². The van der Waals surface area contributed by atoms with Gasteiger partial charge in [0, 0.05) is 19.3 Å². The first-order valence-electron chi connectivity index (χ1n) is 5.74. The van der Waals surface area contributed by atoms with E-state index in [0.717, 1.165) is 0 Å². The summed E-state index contributed by atoms with van der Waals surface area (Å²) in [6.07, 6.45) is 6.23. The van der Waals surface area contributed by atoms with Gasteiger partial charge in [0.05, 0.1) is 18.6 Å². The first kappa shape index (κ1) is 14.3. The van der Waals surface area contributed by atoms with E-state index < -0.39 is 10.0 Å². The molecule has 0 fully saturated rings. The van der Waals surface area contributed by atoms with Crippen LogP contribution in [0.5, 0.6) is 0 Å². The van der Waals surface area contributed by atoms with Crippen LogP contribution in [0.2, 0.25) is 0 Å². The van der Waals surface area contributed by atoms with E-state index in [1.54, 1.807) is 17.1 Å². The molecule has 0 radical (unpaired) electrons. The Balaban J connectivity index is 1.86. The number of rotatable bonds is 7. The zero-order valence-electron chi connectivity index (χ0n) is 10.5. The van der Waals surface area contributed by atoms with E-state index in [0.29, 0.717) is 13.0 Å². The van der Waals surface area contributed by atoms with Gasteiger partial charge in [0.25, 0.3) is 0 Å². The Bertz CT molecular complexity index is 624. The highest BCUT2D eigenvalue weighted by Gasteiger charge is 2.14. The van der Waals surface area contributed by atoms with Gasteiger partial charge in [-0.15, -0.1) is 5.10 Å². The number of hydrogen-bond donors (Lipinski definition) is 3. The van der Waals surface area contributed by atoms with Crippen molar-refractivity contribution in [3.63, 3.8) is 0 Å². The SMILES string of the molecule is NNc1ncc(S(=O)(=O)NCCCn2ccnn2)cn1. The maximum atomic E-state index is 11.9. The summed E-state index contributed by atoms with van der Waals surface area (Å²) < 4.78 is 27.9. The molecule has 2 aromatic heterocycles. The zero-order valence-corrected chi connectivity index (χ0v) is 11.3. The molecule has 0 aliphatic carbocycles. The summed E-state index contributed by atoms with van der Waals surface area (Å²) in [5, 5.41) is 7.43. The van der Waals surface area contributed by atoms with Crippen LogP contribution in [0.3, 0.4) is 0 Å². The van der Waals surface area contributed by atoms with E-state index in [1.807, 2.05) is 0 Å². The fraction of sp³-hybridized carbons (Fsp3) is 0.333. The van der Waals surface area contributed by atoms with Crippen LogP contribution in [0.1, 0.15) is 6.42 Å². The number of nitrogens with two attached hydrogens (primary N) is 1. The minimum atomic E-state index is -3.62. The van der Waals surface area contributed by atoms with Gasteiger partial charge in [-0.3, -0.25) is 10.1 Å². The number of nitrogens with one attached hydrogen (secondary N) is 2. The second-order valence-corrected chi connectivity index (χ2v) is 5.57. The van der Waals surface area contributed by atoms with Gasteiger partial charge >= 0.3 is 0 Å². The van der Waals surface area contributed by atoms with Crippen LogP contribution in [0.15, 0.2) is 29.7 Å². The number of hydrogen-bond acceptors (Lipinski definition) is 8. The molecule has 0 amide bonds. The maximum Gasteiger partial charge on any atom is 0.243 e. The van der Waals surface area contributed by atoms with Crippen molar-refractivity contribution in [2.45, 2.75) is 17.9 Å². The topological polar surface area (TPSA) is 141 Å². The van der Waals surface area contributed by atoms with Gasteiger partial charge in [-0.2, -0.15) is 0 Å². The smallest absolute Gasteiger partial charge is 0.243 e. The molecular formula is C9H14N8O2S. The predicted octanol–water partition coefficient (Wildman–Crippen LogP) is -1.28. The summed E-state index contributed by atoms with van der Waals surface area (Å²) in [5.41, 5.74) is 2.22. The van der Waals surface area contributed by atoms with Crippen LogP contribution < -0.4 is 16.0 Å². The molecule has 4 N–H and O–H groups in total. The molecule has 0 saturated carbocycles. The number of aromatic nitrogens is 5. The van der Waals surface area contributed by atoms with Crippen LogP contribution in [-0.4, -0.2) is 39.9 Å².